The molecule has 0 aliphatic carbocycles. The molecule has 0 atom stereocenters. The van der Waals surface area contributed by atoms with E-state index < -0.39 is 0 Å². The Morgan fingerprint density at radius 2 is 2.60 bits per heavy atom. The average Bonchev–Trinajstić information content (AvgIpc) is 2.41. The zero-order valence-corrected chi connectivity index (χ0v) is 5.71. The van der Waals surface area contributed by atoms with Gasteiger partial charge in [0.05, 0.1) is 6.26 Å². The normalized spacial score (nSPS) is 9.10. The summed E-state index contributed by atoms with van der Waals surface area (Å²) in [4.78, 5) is 0. The van der Waals surface area contributed by atoms with Crippen molar-refractivity contribution >= 4 is 0 Å². The van der Waals surface area contributed by atoms with Crippen molar-refractivity contribution in [2.75, 3.05) is 6.54 Å². The lowest BCUT2D eigenvalue weighted by Crippen LogP contribution is -2.82. The van der Waals surface area contributed by atoms with Crippen LogP contribution in [0, 0.1) is 12.3 Å². The fraction of sp³-hybridized carbons (Fsp3) is 0.250. The van der Waals surface area contributed by atoms with E-state index in [0.717, 1.165) is 12.3 Å². The highest BCUT2D eigenvalue weighted by atomic mass is 16.3. The van der Waals surface area contributed by atoms with Crippen LogP contribution in [-0.4, -0.2) is 6.54 Å². The van der Waals surface area contributed by atoms with E-state index >= 15 is 0 Å². The second-order valence-electron chi connectivity index (χ2n) is 1.98. The Balaban J connectivity index is 2.23. The molecule has 0 radical (unpaired) electrons. The summed E-state index contributed by atoms with van der Waals surface area (Å²) >= 11 is 0. The number of hydrogen-bond acceptors (Lipinski definition) is 1. The van der Waals surface area contributed by atoms with Gasteiger partial charge in [0, 0.05) is 0 Å². The molecule has 10 heavy (non-hydrogen) atoms. The minimum absolute atomic E-state index is 0.709. The lowest BCUT2D eigenvalue weighted by molar-refractivity contribution is -0.661. The fourth-order valence-corrected chi connectivity index (χ4v) is 0.726. The number of terminal acetylenes is 1. The molecule has 1 heterocycles. The van der Waals surface area contributed by atoms with Crippen LogP contribution in [0.5, 0.6) is 0 Å². The first-order valence-corrected chi connectivity index (χ1v) is 3.21. The number of nitrogens with two attached hydrogens (primary N) is 1. The Labute approximate surface area is 60.2 Å². The Hall–Kier alpha value is -1.20. The van der Waals surface area contributed by atoms with E-state index in [2.05, 4.69) is 5.92 Å². The molecule has 0 fully saturated rings. The first-order valence-electron chi connectivity index (χ1n) is 3.21. The first-order chi connectivity index (χ1) is 4.93. The summed E-state index contributed by atoms with van der Waals surface area (Å²) in [6.45, 7) is 1.54. The van der Waals surface area contributed by atoms with Crippen molar-refractivity contribution in [3.05, 3.63) is 24.2 Å². The van der Waals surface area contributed by atoms with Gasteiger partial charge in [0.2, 0.25) is 0 Å². The van der Waals surface area contributed by atoms with Crippen LogP contribution >= 0.6 is 0 Å². The smallest absolute Gasteiger partial charge is 0.157 e. The van der Waals surface area contributed by atoms with Gasteiger partial charge >= 0.3 is 0 Å². The van der Waals surface area contributed by atoms with Gasteiger partial charge in [-0.3, -0.25) is 0 Å². The SMILES string of the molecule is C#CC[NH2+]Cc1ccco1. The summed E-state index contributed by atoms with van der Waals surface area (Å²) in [7, 11) is 0. The quantitative estimate of drug-likeness (QED) is 0.459. The molecule has 0 aromatic carbocycles. The molecule has 0 unspecified atom stereocenters. The van der Waals surface area contributed by atoms with Crippen molar-refractivity contribution in [3.63, 3.8) is 0 Å². The van der Waals surface area contributed by atoms with Gasteiger partial charge in [-0.25, -0.2) is 0 Å². The van der Waals surface area contributed by atoms with Crippen LogP contribution in [0.25, 0.3) is 0 Å². The molecule has 1 rings (SSSR count). The molecule has 0 saturated carbocycles. The largest absolute Gasteiger partial charge is 0.463 e. The van der Waals surface area contributed by atoms with Gasteiger partial charge in [-0.1, -0.05) is 0 Å². The lowest BCUT2D eigenvalue weighted by atomic mass is 10.4. The molecule has 0 aliphatic rings. The van der Waals surface area contributed by atoms with E-state index in [-0.39, 0.29) is 0 Å². The van der Waals surface area contributed by atoms with E-state index in [1.165, 1.54) is 0 Å². The maximum Gasteiger partial charge on any atom is 0.157 e. The molecule has 2 N–H and O–H groups in total. The van der Waals surface area contributed by atoms with Gasteiger partial charge in [-0.05, 0) is 18.1 Å². The van der Waals surface area contributed by atoms with E-state index in [1.54, 1.807) is 6.26 Å². The number of furan rings is 1. The molecule has 2 nitrogen and oxygen atoms in total. The van der Waals surface area contributed by atoms with Crippen LogP contribution in [0.3, 0.4) is 0 Å². The third-order valence-corrected chi connectivity index (χ3v) is 1.19. The van der Waals surface area contributed by atoms with Crippen LogP contribution < -0.4 is 5.32 Å². The zero-order valence-electron chi connectivity index (χ0n) is 5.71. The Morgan fingerprint density at radius 3 is 3.20 bits per heavy atom. The van der Waals surface area contributed by atoms with Gasteiger partial charge in [0.1, 0.15) is 13.1 Å². The molecule has 1 aromatic heterocycles. The predicted molar refractivity (Wildman–Crippen MR) is 38.0 cm³/mol. The molecule has 0 amide bonds. The van der Waals surface area contributed by atoms with Gasteiger partial charge in [-0.2, -0.15) is 0 Å². The minimum Gasteiger partial charge on any atom is -0.463 e. The molecule has 0 spiro atoms. The molecule has 52 valence electrons. The standard InChI is InChI=1S/C8H9NO/c1-2-5-9-7-8-4-3-6-10-8/h1,3-4,6,9H,5,7H2/p+1. The fourth-order valence-electron chi connectivity index (χ4n) is 0.726. The van der Waals surface area contributed by atoms with Crippen LogP contribution in [0.15, 0.2) is 22.8 Å². The monoisotopic (exact) mass is 136 g/mol. The Morgan fingerprint density at radius 1 is 1.70 bits per heavy atom. The highest BCUT2D eigenvalue weighted by Gasteiger charge is 1.94. The molecule has 2 heteroatoms. The zero-order chi connectivity index (χ0) is 7.23. The molecule has 0 aliphatic heterocycles. The highest BCUT2D eigenvalue weighted by molar-refractivity contribution is 4.95. The minimum atomic E-state index is 0.709. The third-order valence-electron chi connectivity index (χ3n) is 1.19. The third kappa shape index (κ3) is 1.96. The summed E-state index contributed by atoms with van der Waals surface area (Å²) in [5.41, 5.74) is 0. The predicted octanol–water partition coefficient (Wildman–Crippen LogP) is -0.0238. The topological polar surface area (TPSA) is 29.8 Å². The van der Waals surface area contributed by atoms with Gasteiger partial charge < -0.3 is 9.73 Å². The lowest BCUT2D eigenvalue weighted by Gasteiger charge is -1.90. The maximum absolute atomic E-state index is 5.08. The second-order valence-corrected chi connectivity index (χ2v) is 1.98. The molecule has 0 saturated heterocycles. The second kappa shape index (κ2) is 3.76. The van der Waals surface area contributed by atoms with Crippen LogP contribution in [-0.2, 0) is 6.54 Å². The van der Waals surface area contributed by atoms with Crippen molar-refractivity contribution in [3.8, 4) is 12.3 Å². The number of hydrogen-bond donors (Lipinski definition) is 1. The van der Waals surface area contributed by atoms with Crippen molar-refractivity contribution in [2.45, 2.75) is 6.54 Å². The van der Waals surface area contributed by atoms with Gasteiger partial charge in [0.25, 0.3) is 0 Å². The molecule has 1 aromatic rings. The van der Waals surface area contributed by atoms with Crippen molar-refractivity contribution < 1.29 is 9.73 Å². The van der Waals surface area contributed by atoms with Crippen LogP contribution in [0.2, 0.25) is 0 Å². The number of rotatable bonds is 3. The summed E-state index contributed by atoms with van der Waals surface area (Å²) in [6, 6.07) is 3.81. The van der Waals surface area contributed by atoms with E-state index in [9.17, 15) is 0 Å². The van der Waals surface area contributed by atoms with Crippen LogP contribution in [0.1, 0.15) is 5.76 Å². The maximum atomic E-state index is 5.08. The number of quaternary nitrogens is 1. The van der Waals surface area contributed by atoms with E-state index in [1.807, 2.05) is 17.4 Å². The van der Waals surface area contributed by atoms with Crippen LogP contribution in [0.4, 0.5) is 0 Å². The summed E-state index contributed by atoms with van der Waals surface area (Å²) in [6.07, 6.45) is 6.72. The summed E-state index contributed by atoms with van der Waals surface area (Å²) in [5, 5.41) is 2.01. The first kappa shape index (κ1) is 6.91. The highest BCUT2D eigenvalue weighted by Crippen LogP contribution is 1.95. The molecular weight excluding hydrogens is 126 g/mol. The van der Waals surface area contributed by atoms with E-state index in [4.69, 9.17) is 10.8 Å². The average molecular weight is 136 g/mol. The van der Waals surface area contributed by atoms with Crippen molar-refractivity contribution in [2.24, 2.45) is 0 Å². The molecular formula is C8H10NO+. The Kier molecular flexibility index (Phi) is 2.60. The summed E-state index contributed by atoms with van der Waals surface area (Å²) in [5.74, 6) is 3.50. The van der Waals surface area contributed by atoms with Crippen molar-refractivity contribution in [1.29, 1.82) is 0 Å². The Bertz CT molecular complexity index is 208. The van der Waals surface area contributed by atoms with Gasteiger partial charge in [-0.15, -0.1) is 6.42 Å². The molecule has 0 bridgehead atoms. The summed E-state index contributed by atoms with van der Waals surface area (Å²) < 4.78 is 5.08. The van der Waals surface area contributed by atoms with Crippen molar-refractivity contribution in [1.82, 2.24) is 0 Å². The van der Waals surface area contributed by atoms with E-state index in [0.29, 0.717) is 6.54 Å². The van der Waals surface area contributed by atoms with Gasteiger partial charge in [0.15, 0.2) is 5.76 Å².